The van der Waals surface area contributed by atoms with Crippen molar-refractivity contribution in [2.75, 3.05) is 40.3 Å². The lowest BCUT2D eigenvalue weighted by Gasteiger charge is -2.30. The highest BCUT2D eigenvalue weighted by molar-refractivity contribution is 14.0. The number of aliphatic hydroxyl groups excluding tert-OH is 1. The van der Waals surface area contributed by atoms with Crippen LogP contribution in [0.2, 0.25) is 0 Å². The number of hydrogen-bond donors (Lipinski definition) is 3. The molecule has 7 nitrogen and oxygen atoms in total. The maximum Gasteiger partial charge on any atom is 0.191 e. The SMILES string of the molecule is CCNC(=NCC(CC)(CC)CCO)NCC(c1cnn(C)c1)N(C)C.I. The lowest BCUT2D eigenvalue weighted by molar-refractivity contribution is 0.175. The Morgan fingerprint density at radius 2 is 1.96 bits per heavy atom. The van der Waals surface area contributed by atoms with E-state index in [-0.39, 0.29) is 42.0 Å². The summed E-state index contributed by atoms with van der Waals surface area (Å²) in [7, 11) is 6.08. The van der Waals surface area contributed by atoms with E-state index in [2.05, 4.69) is 61.7 Å². The Kier molecular flexibility index (Phi) is 12.9. The molecule has 0 aliphatic carbocycles. The number of hydrogen-bond acceptors (Lipinski definition) is 4. The number of aromatic nitrogens is 2. The second-order valence-corrected chi connectivity index (χ2v) is 7.18. The molecule has 1 atom stereocenters. The highest BCUT2D eigenvalue weighted by atomic mass is 127. The molecule has 0 spiro atoms. The lowest BCUT2D eigenvalue weighted by Crippen LogP contribution is -2.42. The Morgan fingerprint density at radius 3 is 2.41 bits per heavy atom. The molecule has 0 aliphatic heterocycles. The maximum absolute atomic E-state index is 9.40. The largest absolute Gasteiger partial charge is 0.396 e. The zero-order valence-electron chi connectivity index (χ0n) is 17.8. The molecule has 1 unspecified atom stereocenters. The molecule has 0 saturated heterocycles. The molecule has 0 fully saturated rings. The fraction of sp³-hybridized carbons (Fsp3) is 0.789. The van der Waals surface area contributed by atoms with Gasteiger partial charge in [-0.05, 0) is 45.7 Å². The van der Waals surface area contributed by atoms with Crippen molar-refractivity contribution in [3.8, 4) is 0 Å². The van der Waals surface area contributed by atoms with Gasteiger partial charge >= 0.3 is 0 Å². The van der Waals surface area contributed by atoms with Crippen molar-refractivity contribution in [2.24, 2.45) is 17.5 Å². The average molecular weight is 494 g/mol. The minimum Gasteiger partial charge on any atom is -0.396 e. The van der Waals surface area contributed by atoms with Crippen LogP contribution < -0.4 is 10.6 Å². The van der Waals surface area contributed by atoms with E-state index in [1.807, 2.05) is 17.9 Å². The van der Waals surface area contributed by atoms with E-state index in [1.54, 1.807) is 0 Å². The first-order valence-corrected chi connectivity index (χ1v) is 9.69. The van der Waals surface area contributed by atoms with Gasteiger partial charge in [0.1, 0.15) is 0 Å². The molecule has 0 bridgehead atoms. The summed E-state index contributed by atoms with van der Waals surface area (Å²) in [5, 5.41) is 20.5. The highest BCUT2D eigenvalue weighted by Crippen LogP contribution is 2.30. The molecule has 0 aromatic carbocycles. The van der Waals surface area contributed by atoms with E-state index in [0.29, 0.717) is 0 Å². The molecule has 1 aromatic heterocycles. The van der Waals surface area contributed by atoms with Gasteiger partial charge in [0.05, 0.1) is 12.2 Å². The van der Waals surface area contributed by atoms with Crippen molar-refractivity contribution in [3.63, 3.8) is 0 Å². The van der Waals surface area contributed by atoms with Crippen molar-refractivity contribution >= 4 is 29.9 Å². The number of aryl methyl sites for hydroxylation is 1. The van der Waals surface area contributed by atoms with Gasteiger partial charge in [0.2, 0.25) is 0 Å². The van der Waals surface area contributed by atoms with Crippen molar-refractivity contribution in [2.45, 2.75) is 46.1 Å². The second kappa shape index (κ2) is 13.3. The van der Waals surface area contributed by atoms with Crippen LogP contribution in [0, 0.1) is 5.41 Å². The molecule has 1 heterocycles. The predicted octanol–water partition coefficient (Wildman–Crippen LogP) is 2.38. The summed E-state index contributed by atoms with van der Waals surface area (Å²) in [6.45, 7) is 8.92. The quantitative estimate of drug-likeness (QED) is 0.250. The molecule has 0 amide bonds. The summed E-state index contributed by atoms with van der Waals surface area (Å²) in [6.07, 6.45) is 6.79. The van der Waals surface area contributed by atoms with Crippen LogP contribution in [0.3, 0.4) is 0 Å². The lowest BCUT2D eigenvalue weighted by atomic mass is 9.79. The molecule has 0 radical (unpaired) electrons. The number of likely N-dealkylation sites (N-methyl/N-ethyl adjacent to an activating group) is 1. The van der Waals surface area contributed by atoms with E-state index in [4.69, 9.17) is 4.99 Å². The van der Waals surface area contributed by atoms with Crippen LogP contribution in [0.25, 0.3) is 0 Å². The zero-order valence-corrected chi connectivity index (χ0v) is 20.2. The van der Waals surface area contributed by atoms with Gasteiger partial charge in [-0.2, -0.15) is 5.10 Å². The van der Waals surface area contributed by atoms with E-state index < -0.39 is 0 Å². The van der Waals surface area contributed by atoms with Gasteiger partial charge < -0.3 is 20.6 Å². The minimum absolute atomic E-state index is 0. The molecule has 0 aliphatic rings. The minimum atomic E-state index is 0. The van der Waals surface area contributed by atoms with Crippen LogP contribution in [0.1, 0.15) is 51.6 Å². The fourth-order valence-corrected chi connectivity index (χ4v) is 3.14. The van der Waals surface area contributed by atoms with Crippen LogP contribution in [0.4, 0.5) is 0 Å². The van der Waals surface area contributed by atoms with Crippen molar-refractivity contribution in [1.82, 2.24) is 25.3 Å². The summed E-state index contributed by atoms with van der Waals surface area (Å²) in [4.78, 5) is 7.00. The number of nitrogens with zero attached hydrogens (tertiary/aromatic N) is 4. The van der Waals surface area contributed by atoms with Crippen molar-refractivity contribution in [3.05, 3.63) is 18.0 Å². The summed E-state index contributed by atoms with van der Waals surface area (Å²) >= 11 is 0. The summed E-state index contributed by atoms with van der Waals surface area (Å²) < 4.78 is 1.83. The number of halogens is 1. The molecule has 3 N–H and O–H groups in total. The van der Waals surface area contributed by atoms with E-state index in [1.165, 1.54) is 5.56 Å². The molecule has 0 saturated carbocycles. The van der Waals surface area contributed by atoms with Gasteiger partial charge in [-0.1, -0.05) is 13.8 Å². The monoisotopic (exact) mass is 494 g/mol. The fourth-order valence-electron chi connectivity index (χ4n) is 3.14. The third kappa shape index (κ3) is 8.35. The molecule has 158 valence electrons. The topological polar surface area (TPSA) is 77.7 Å². The Labute approximate surface area is 182 Å². The van der Waals surface area contributed by atoms with Gasteiger partial charge in [0, 0.05) is 45.0 Å². The maximum atomic E-state index is 9.40. The zero-order chi connectivity index (χ0) is 19.6. The van der Waals surface area contributed by atoms with Crippen LogP contribution >= 0.6 is 24.0 Å². The highest BCUT2D eigenvalue weighted by Gasteiger charge is 2.25. The normalized spacial score (nSPS) is 13.4. The molecular formula is C19H39IN6O. The Bertz CT molecular complexity index is 542. The molecule has 27 heavy (non-hydrogen) atoms. The summed E-state index contributed by atoms with van der Waals surface area (Å²) in [5.74, 6) is 0.826. The standard InChI is InChI=1S/C19H38N6O.HI/c1-7-19(8-2,10-11-26)15-22-18(20-9-3)21-13-17(24(4)5)16-12-23-25(6)14-16;/h12,14,17,26H,7-11,13,15H2,1-6H3,(H2,20,21,22);1H. The molecule has 1 rings (SSSR count). The molecule has 1 aromatic rings. The third-order valence-electron chi connectivity index (χ3n) is 5.25. The number of aliphatic hydroxyl groups is 1. The molecular weight excluding hydrogens is 455 g/mol. The Balaban J connectivity index is 0.00000676. The number of aliphatic imine (C=N–C) groups is 1. The summed E-state index contributed by atoms with van der Waals surface area (Å²) in [6, 6.07) is 0.215. The number of nitrogens with one attached hydrogen (secondary N) is 2. The van der Waals surface area contributed by atoms with E-state index in [9.17, 15) is 5.11 Å². The average Bonchev–Trinajstić information content (AvgIpc) is 3.04. The first-order chi connectivity index (χ1) is 12.4. The van der Waals surface area contributed by atoms with Gasteiger partial charge in [-0.25, -0.2) is 0 Å². The van der Waals surface area contributed by atoms with Gasteiger partial charge in [-0.15, -0.1) is 24.0 Å². The van der Waals surface area contributed by atoms with Crippen LogP contribution in [0.15, 0.2) is 17.4 Å². The predicted molar refractivity (Wildman–Crippen MR) is 124 cm³/mol. The first kappa shape index (κ1) is 26.1. The van der Waals surface area contributed by atoms with Crippen LogP contribution in [0.5, 0.6) is 0 Å². The second-order valence-electron chi connectivity index (χ2n) is 7.18. The smallest absolute Gasteiger partial charge is 0.191 e. The van der Waals surface area contributed by atoms with E-state index >= 15 is 0 Å². The van der Waals surface area contributed by atoms with Gasteiger partial charge in [-0.3, -0.25) is 9.67 Å². The van der Waals surface area contributed by atoms with Crippen molar-refractivity contribution in [1.29, 1.82) is 0 Å². The van der Waals surface area contributed by atoms with Crippen LogP contribution in [-0.2, 0) is 7.05 Å². The third-order valence-corrected chi connectivity index (χ3v) is 5.25. The van der Waals surface area contributed by atoms with Gasteiger partial charge in [0.25, 0.3) is 0 Å². The van der Waals surface area contributed by atoms with Crippen LogP contribution in [-0.4, -0.2) is 66.1 Å². The summed E-state index contributed by atoms with van der Waals surface area (Å²) in [5.41, 5.74) is 1.25. The first-order valence-electron chi connectivity index (χ1n) is 9.69. The Morgan fingerprint density at radius 1 is 1.30 bits per heavy atom. The van der Waals surface area contributed by atoms with Gasteiger partial charge in [0.15, 0.2) is 5.96 Å². The Hall–Kier alpha value is -0.870. The van der Waals surface area contributed by atoms with E-state index in [0.717, 1.165) is 44.9 Å². The molecule has 8 heteroatoms. The number of rotatable bonds is 11. The van der Waals surface area contributed by atoms with Crippen molar-refractivity contribution < 1.29 is 5.11 Å². The number of guanidine groups is 1.